The number of hydrogen-bond donors (Lipinski definition) is 1. The number of nitrogens with one attached hydrogen (secondary N) is 1. The molecule has 1 amide bonds. The van der Waals surface area contributed by atoms with Gasteiger partial charge in [0.25, 0.3) is 5.91 Å². The van der Waals surface area contributed by atoms with E-state index in [0.29, 0.717) is 11.1 Å². The van der Waals surface area contributed by atoms with Crippen LogP contribution in [0.25, 0.3) is 5.69 Å². The topological polar surface area (TPSA) is 72.7 Å². The summed E-state index contributed by atoms with van der Waals surface area (Å²) in [7, 11) is 0. The van der Waals surface area contributed by atoms with Gasteiger partial charge in [-0.1, -0.05) is 6.07 Å². The first-order valence-electron chi connectivity index (χ1n) is 9.85. The standard InChI is InChI=1S/C24H24IN3O3/c1-15(2)31-24(30)19-6-5-7-22(13-19)28-16(3)12-20(17(28)4)14-26-27-23(29)18-8-10-21(25)11-9-18/h5-15H,1-4H3,(H,27,29)/b26-14-. The number of esters is 1. The lowest BCUT2D eigenvalue weighted by atomic mass is 10.2. The van der Waals surface area contributed by atoms with E-state index in [2.05, 4.69) is 33.1 Å². The Morgan fingerprint density at radius 1 is 1.06 bits per heavy atom. The minimum Gasteiger partial charge on any atom is -0.459 e. The number of rotatable bonds is 6. The number of halogens is 1. The number of hydrazone groups is 1. The molecule has 1 aromatic heterocycles. The van der Waals surface area contributed by atoms with Crippen molar-refractivity contribution in [1.82, 2.24) is 9.99 Å². The second-order valence-electron chi connectivity index (χ2n) is 7.37. The number of aryl methyl sites for hydroxylation is 1. The number of carbonyl (C=O) groups is 2. The SMILES string of the molecule is Cc1cc(/C=N\NC(=O)c2ccc(I)cc2)c(C)n1-c1cccc(C(=O)OC(C)C)c1. The third-order valence-corrected chi connectivity index (χ3v) is 5.35. The first kappa shape index (κ1) is 22.7. The molecule has 0 aliphatic rings. The third kappa shape index (κ3) is 5.61. The molecule has 2 aromatic carbocycles. The highest BCUT2D eigenvalue weighted by atomic mass is 127. The molecule has 0 saturated carbocycles. The molecule has 31 heavy (non-hydrogen) atoms. The van der Waals surface area contributed by atoms with Gasteiger partial charge in [0.1, 0.15) is 0 Å². The van der Waals surface area contributed by atoms with E-state index >= 15 is 0 Å². The van der Waals surface area contributed by atoms with Gasteiger partial charge in [0.15, 0.2) is 0 Å². The minimum absolute atomic E-state index is 0.177. The minimum atomic E-state index is -0.348. The molecule has 0 radical (unpaired) electrons. The fraction of sp³-hybridized carbons (Fsp3) is 0.208. The molecule has 1 heterocycles. The molecule has 0 bridgehead atoms. The van der Waals surface area contributed by atoms with Gasteiger partial charge < -0.3 is 9.30 Å². The maximum absolute atomic E-state index is 12.3. The van der Waals surface area contributed by atoms with E-state index < -0.39 is 0 Å². The molecule has 0 atom stereocenters. The van der Waals surface area contributed by atoms with Gasteiger partial charge in [-0.25, -0.2) is 10.2 Å². The van der Waals surface area contributed by atoms with E-state index in [4.69, 9.17) is 4.74 Å². The Balaban J connectivity index is 1.79. The van der Waals surface area contributed by atoms with Crippen LogP contribution in [0.1, 0.15) is 51.5 Å². The van der Waals surface area contributed by atoms with Gasteiger partial charge in [0, 0.05) is 31.8 Å². The normalized spacial score (nSPS) is 11.2. The Bertz CT molecular complexity index is 1130. The maximum Gasteiger partial charge on any atom is 0.338 e. The Morgan fingerprint density at radius 3 is 2.45 bits per heavy atom. The Kier molecular flexibility index (Phi) is 7.27. The average Bonchev–Trinajstić information content (AvgIpc) is 3.01. The highest BCUT2D eigenvalue weighted by Crippen LogP contribution is 2.21. The van der Waals surface area contributed by atoms with Crippen molar-refractivity contribution in [2.24, 2.45) is 5.10 Å². The molecule has 0 spiro atoms. The maximum atomic E-state index is 12.3. The predicted octanol–water partition coefficient (Wildman–Crippen LogP) is 5.03. The fourth-order valence-corrected chi connectivity index (χ4v) is 3.56. The highest BCUT2D eigenvalue weighted by molar-refractivity contribution is 14.1. The summed E-state index contributed by atoms with van der Waals surface area (Å²) in [4.78, 5) is 24.5. The Labute approximate surface area is 195 Å². The number of ether oxygens (including phenoxy) is 1. The van der Waals surface area contributed by atoms with Crippen LogP contribution in [-0.2, 0) is 4.74 Å². The van der Waals surface area contributed by atoms with Crippen LogP contribution in [-0.4, -0.2) is 28.8 Å². The molecule has 160 valence electrons. The molecule has 0 saturated heterocycles. The van der Waals surface area contributed by atoms with E-state index in [-0.39, 0.29) is 18.0 Å². The molecule has 6 nitrogen and oxygen atoms in total. The summed E-state index contributed by atoms with van der Waals surface area (Å²) in [6, 6.07) is 16.6. The average molecular weight is 529 g/mol. The van der Waals surface area contributed by atoms with Crippen LogP contribution in [0.5, 0.6) is 0 Å². The fourth-order valence-electron chi connectivity index (χ4n) is 3.20. The van der Waals surface area contributed by atoms with Crippen molar-refractivity contribution in [2.75, 3.05) is 0 Å². The van der Waals surface area contributed by atoms with Crippen molar-refractivity contribution >= 4 is 40.7 Å². The van der Waals surface area contributed by atoms with Crippen molar-refractivity contribution in [3.05, 3.63) is 86.2 Å². The smallest absolute Gasteiger partial charge is 0.338 e. The van der Waals surface area contributed by atoms with Crippen molar-refractivity contribution in [3.8, 4) is 5.69 Å². The molecule has 0 aliphatic carbocycles. The summed E-state index contributed by atoms with van der Waals surface area (Å²) in [5.74, 6) is -0.614. The van der Waals surface area contributed by atoms with Crippen LogP contribution in [0.2, 0.25) is 0 Å². The third-order valence-electron chi connectivity index (χ3n) is 4.63. The predicted molar refractivity (Wildman–Crippen MR) is 130 cm³/mol. The monoisotopic (exact) mass is 529 g/mol. The molecule has 1 N–H and O–H groups in total. The van der Waals surface area contributed by atoms with Gasteiger partial charge in [0.05, 0.1) is 17.9 Å². The van der Waals surface area contributed by atoms with Gasteiger partial charge >= 0.3 is 5.97 Å². The zero-order chi connectivity index (χ0) is 22.5. The van der Waals surface area contributed by atoms with E-state index in [1.807, 2.05) is 68.7 Å². The van der Waals surface area contributed by atoms with Gasteiger partial charge in [0.2, 0.25) is 0 Å². The first-order chi connectivity index (χ1) is 14.8. The number of benzene rings is 2. The lowest BCUT2D eigenvalue weighted by Crippen LogP contribution is -2.17. The summed E-state index contributed by atoms with van der Waals surface area (Å²) >= 11 is 2.19. The van der Waals surface area contributed by atoms with Gasteiger partial charge in [-0.05, 0) is 98.8 Å². The van der Waals surface area contributed by atoms with Gasteiger partial charge in [-0.2, -0.15) is 5.10 Å². The Morgan fingerprint density at radius 2 is 1.77 bits per heavy atom. The largest absolute Gasteiger partial charge is 0.459 e. The van der Waals surface area contributed by atoms with E-state index in [0.717, 1.165) is 26.2 Å². The van der Waals surface area contributed by atoms with Crippen LogP contribution >= 0.6 is 22.6 Å². The van der Waals surface area contributed by atoms with E-state index in [9.17, 15) is 9.59 Å². The number of aromatic nitrogens is 1. The van der Waals surface area contributed by atoms with Crippen LogP contribution in [0, 0.1) is 17.4 Å². The van der Waals surface area contributed by atoms with Gasteiger partial charge in [-0.15, -0.1) is 0 Å². The second kappa shape index (κ2) is 9.91. The number of carbonyl (C=O) groups excluding carboxylic acids is 2. The second-order valence-corrected chi connectivity index (χ2v) is 8.62. The molecular weight excluding hydrogens is 505 g/mol. The van der Waals surface area contributed by atoms with E-state index in [1.165, 1.54) is 0 Å². The van der Waals surface area contributed by atoms with Crippen LogP contribution in [0.15, 0.2) is 59.7 Å². The molecule has 3 aromatic rings. The lowest BCUT2D eigenvalue weighted by molar-refractivity contribution is 0.0377. The number of nitrogens with zero attached hydrogens (tertiary/aromatic N) is 2. The van der Waals surface area contributed by atoms with E-state index in [1.54, 1.807) is 24.4 Å². The first-order valence-corrected chi connectivity index (χ1v) is 10.9. The highest BCUT2D eigenvalue weighted by Gasteiger charge is 2.14. The summed E-state index contributed by atoms with van der Waals surface area (Å²) < 4.78 is 8.40. The summed E-state index contributed by atoms with van der Waals surface area (Å²) in [6.07, 6.45) is 1.45. The molecule has 0 fully saturated rings. The Hall–Kier alpha value is -2.94. The van der Waals surface area contributed by atoms with Crippen molar-refractivity contribution in [3.63, 3.8) is 0 Å². The van der Waals surface area contributed by atoms with Crippen LogP contribution < -0.4 is 5.43 Å². The van der Waals surface area contributed by atoms with Gasteiger partial charge in [-0.3, -0.25) is 4.79 Å². The number of hydrogen-bond acceptors (Lipinski definition) is 4. The molecular formula is C24H24IN3O3. The molecule has 0 aliphatic heterocycles. The lowest BCUT2D eigenvalue weighted by Gasteiger charge is -2.12. The quantitative estimate of drug-likeness (QED) is 0.211. The summed E-state index contributed by atoms with van der Waals surface area (Å²) in [5, 5.41) is 4.11. The van der Waals surface area contributed by atoms with Crippen LogP contribution in [0.4, 0.5) is 0 Å². The molecule has 3 rings (SSSR count). The molecule has 0 unspecified atom stereocenters. The van der Waals surface area contributed by atoms with Crippen molar-refractivity contribution in [1.29, 1.82) is 0 Å². The van der Waals surface area contributed by atoms with Crippen LogP contribution in [0.3, 0.4) is 0 Å². The molecule has 7 heteroatoms. The zero-order valence-electron chi connectivity index (χ0n) is 17.8. The van der Waals surface area contributed by atoms with Crippen molar-refractivity contribution < 1.29 is 14.3 Å². The number of amides is 1. The zero-order valence-corrected chi connectivity index (χ0v) is 20.0. The summed E-state index contributed by atoms with van der Waals surface area (Å²) in [5.41, 5.74) is 7.27. The van der Waals surface area contributed by atoms with Crippen molar-refractivity contribution in [2.45, 2.75) is 33.8 Å². The summed E-state index contributed by atoms with van der Waals surface area (Å²) in [6.45, 7) is 7.60.